The van der Waals surface area contributed by atoms with Crippen molar-refractivity contribution in [3.63, 3.8) is 0 Å². The molecule has 20 heavy (non-hydrogen) atoms. The van der Waals surface area contributed by atoms with Crippen molar-refractivity contribution >= 4 is 0 Å². The lowest BCUT2D eigenvalue weighted by molar-refractivity contribution is 0.622. The highest BCUT2D eigenvalue weighted by molar-refractivity contribution is 5.84. The van der Waals surface area contributed by atoms with Gasteiger partial charge in [-0.15, -0.1) is 0 Å². The zero-order chi connectivity index (χ0) is 13.9. The van der Waals surface area contributed by atoms with Gasteiger partial charge in [-0.05, 0) is 29.2 Å². The molecule has 0 aliphatic rings. The summed E-state index contributed by atoms with van der Waals surface area (Å²) in [4.78, 5) is 0. The first-order valence-corrected chi connectivity index (χ1v) is 6.67. The van der Waals surface area contributed by atoms with E-state index < -0.39 is 0 Å². The van der Waals surface area contributed by atoms with E-state index in [4.69, 9.17) is 0 Å². The zero-order valence-corrected chi connectivity index (χ0v) is 11.3. The number of rotatable bonds is 2. The first-order valence-electron chi connectivity index (χ1n) is 6.67. The van der Waals surface area contributed by atoms with E-state index in [0.717, 1.165) is 16.7 Å². The van der Waals surface area contributed by atoms with E-state index in [-0.39, 0.29) is 5.82 Å². The van der Waals surface area contributed by atoms with Crippen molar-refractivity contribution in [2.24, 2.45) is 0 Å². The van der Waals surface area contributed by atoms with Gasteiger partial charge in [-0.3, -0.25) is 0 Å². The second kappa shape index (κ2) is 5.30. The van der Waals surface area contributed by atoms with Crippen molar-refractivity contribution in [2.75, 3.05) is 0 Å². The molecule has 0 amide bonds. The summed E-state index contributed by atoms with van der Waals surface area (Å²) in [5, 5.41) is 0. The average molecular weight is 262 g/mol. The highest BCUT2D eigenvalue weighted by atomic mass is 19.1. The van der Waals surface area contributed by atoms with Gasteiger partial charge in [0.2, 0.25) is 0 Å². The molecule has 0 unspecified atom stereocenters. The fourth-order valence-corrected chi connectivity index (χ4v) is 2.43. The maximum Gasteiger partial charge on any atom is 0.134 e. The number of halogens is 1. The Balaban J connectivity index is 2.29. The van der Waals surface area contributed by atoms with Crippen molar-refractivity contribution < 1.29 is 4.39 Å². The van der Waals surface area contributed by atoms with E-state index in [2.05, 4.69) is 0 Å². The topological polar surface area (TPSA) is 0 Å². The number of benzene rings is 3. The van der Waals surface area contributed by atoms with Crippen molar-refractivity contribution in [3.8, 4) is 22.3 Å². The first-order chi connectivity index (χ1) is 9.77. The SMILES string of the molecule is Cc1ccc(-c2ccccc2)c(-c2ccccc2)c1F. The molecule has 0 saturated heterocycles. The van der Waals surface area contributed by atoms with Crippen molar-refractivity contribution in [1.82, 2.24) is 0 Å². The molecule has 0 heterocycles. The molecule has 0 N–H and O–H groups in total. The average Bonchev–Trinajstić information content (AvgIpc) is 2.51. The lowest BCUT2D eigenvalue weighted by Gasteiger charge is -2.13. The molecule has 3 aromatic rings. The summed E-state index contributed by atoms with van der Waals surface area (Å²) >= 11 is 0. The molecular weight excluding hydrogens is 247 g/mol. The summed E-state index contributed by atoms with van der Waals surface area (Å²) < 4.78 is 14.6. The van der Waals surface area contributed by atoms with Gasteiger partial charge in [-0.25, -0.2) is 4.39 Å². The molecule has 0 saturated carbocycles. The monoisotopic (exact) mass is 262 g/mol. The van der Waals surface area contributed by atoms with Gasteiger partial charge in [0, 0.05) is 5.56 Å². The Kier molecular flexibility index (Phi) is 3.34. The van der Waals surface area contributed by atoms with Crippen molar-refractivity contribution in [1.29, 1.82) is 0 Å². The van der Waals surface area contributed by atoms with Gasteiger partial charge >= 0.3 is 0 Å². The number of aryl methyl sites for hydroxylation is 1. The van der Waals surface area contributed by atoms with E-state index in [9.17, 15) is 4.39 Å². The fraction of sp³-hybridized carbons (Fsp3) is 0.0526. The molecule has 0 aliphatic heterocycles. The third-order valence-corrected chi connectivity index (χ3v) is 3.48. The van der Waals surface area contributed by atoms with Crippen LogP contribution < -0.4 is 0 Å². The molecule has 0 radical (unpaired) electrons. The lowest BCUT2D eigenvalue weighted by Crippen LogP contribution is -1.93. The Morgan fingerprint density at radius 1 is 0.650 bits per heavy atom. The molecule has 1 heteroatoms. The van der Waals surface area contributed by atoms with Crippen molar-refractivity contribution in [2.45, 2.75) is 6.92 Å². The quantitative estimate of drug-likeness (QED) is 0.574. The van der Waals surface area contributed by atoms with Crippen LogP contribution in [-0.4, -0.2) is 0 Å². The zero-order valence-electron chi connectivity index (χ0n) is 11.3. The third-order valence-electron chi connectivity index (χ3n) is 3.48. The van der Waals surface area contributed by atoms with Crippen LogP contribution >= 0.6 is 0 Å². The molecule has 0 atom stereocenters. The summed E-state index contributed by atoms with van der Waals surface area (Å²) in [6, 6.07) is 23.5. The van der Waals surface area contributed by atoms with Gasteiger partial charge in [0.05, 0.1) is 0 Å². The molecule has 0 spiro atoms. The third kappa shape index (κ3) is 2.23. The second-order valence-electron chi connectivity index (χ2n) is 4.85. The van der Waals surface area contributed by atoms with E-state index in [1.807, 2.05) is 72.8 Å². The molecule has 0 bridgehead atoms. The predicted octanol–water partition coefficient (Wildman–Crippen LogP) is 5.47. The normalized spacial score (nSPS) is 10.5. The summed E-state index contributed by atoms with van der Waals surface area (Å²) in [5.74, 6) is -0.141. The summed E-state index contributed by atoms with van der Waals surface area (Å²) in [7, 11) is 0. The van der Waals surface area contributed by atoms with Gasteiger partial charge in [-0.2, -0.15) is 0 Å². The molecule has 3 aromatic carbocycles. The van der Waals surface area contributed by atoms with Crippen LogP contribution in [0.4, 0.5) is 4.39 Å². The smallest absolute Gasteiger partial charge is 0.134 e. The van der Waals surface area contributed by atoms with Crippen LogP contribution in [0.15, 0.2) is 72.8 Å². The second-order valence-corrected chi connectivity index (χ2v) is 4.85. The molecule has 0 fully saturated rings. The fourth-order valence-electron chi connectivity index (χ4n) is 2.43. The van der Waals surface area contributed by atoms with Crippen molar-refractivity contribution in [3.05, 3.63) is 84.2 Å². The largest absolute Gasteiger partial charge is 0.206 e. The summed E-state index contributed by atoms with van der Waals surface area (Å²) in [5.41, 5.74) is 4.22. The van der Waals surface area contributed by atoms with Gasteiger partial charge in [0.15, 0.2) is 0 Å². The maximum absolute atomic E-state index is 14.6. The lowest BCUT2D eigenvalue weighted by atomic mass is 9.92. The van der Waals surface area contributed by atoms with Gasteiger partial charge in [0.1, 0.15) is 5.82 Å². The van der Waals surface area contributed by atoms with Crippen LogP contribution in [0, 0.1) is 12.7 Å². The molecule has 3 rings (SSSR count). The summed E-state index contributed by atoms with van der Waals surface area (Å²) in [6.07, 6.45) is 0. The predicted molar refractivity (Wildman–Crippen MR) is 82.0 cm³/mol. The van der Waals surface area contributed by atoms with Crippen LogP contribution in [-0.2, 0) is 0 Å². The highest BCUT2D eigenvalue weighted by Gasteiger charge is 2.14. The van der Waals surface area contributed by atoms with Crippen LogP contribution in [0.5, 0.6) is 0 Å². The molecule has 0 nitrogen and oxygen atoms in total. The Morgan fingerprint density at radius 3 is 1.80 bits per heavy atom. The van der Waals surface area contributed by atoms with E-state index in [1.165, 1.54) is 0 Å². The minimum absolute atomic E-state index is 0.141. The van der Waals surface area contributed by atoms with E-state index in [0.29, 0.717) is 11.1 Å². The van der Waals surface area contributed by atoms with E-state index >= 15 is 0 Å². The molecule has 0 aliphatic carbocycles. The maximum atomic E-state index is 14.6. The number of hydrogen-bond acceptors (Lipinski definition) is 0. The standard InChI is InChI=1S/C19H15F/c1-14-12-13-17(15-8-4-2-5-9-15)18(19(14)20)16-10-6-3-7-11-16/h2-13H,1H3. The highest BCUT2D eigenvalue weighted by Crippen LogP contribution is 2.35. The summed E-state index contributed by atoms with van der Waals surface area (Å²) in [6.45, 7) is 1.80. The number of hydrogen-bond donors (Lipinski definition) is 0. The Labute approximate surface area is 118 Å². The van der Waals surface area contributed by atoms with Crippen LogP contribution in [0.25, 0.3) is 22.3 Å². The minimum atomic E-state index is -0.141. The Morgan fingerprint density at radius 2 is 1.20 bits per heavy atom. The van der Waals surface area contributed by atoms with Gasteiger partial charge < -0.3 is 0 Å². The van der Waals surface area contributed by atoms with E-state index in [1.54, 1.807) is 6.92 Å². The first kappa shape index (κ1) is 12.6. The Hall–Kier alpha value is -2.41. The van der Waals surface area contributed by atoms with Crippen LogP contribution in [0.2, 0.25) is 0 Å². The van der Waals surface area contributed by atoms with Crippen LogP contribution in [0.3, 0.4) is 0 Å². The molecule has 98 valence electrons. The Bertz CT molecular complexity index is 716. The molecular formula is C19H15F. The van der Waals surface area contributed by atoms with Gasteiger partial charge in [-0.1, -0.05) is 72.8 Å². The molecule has 0 aromatic heterocycles. The minimum Gasteiger partial charge on any atom is -0.206 e. The van der Waals surface area contributed by atoms with Crippen LogP contribution in [0.1, 0.15) is 5.56 Å². The van der Waals surface area contributed by atoms with Gasteiger partial charge in [0.25, 0.3) is 0 Å².